The van der Waals surface area contributed by atoms with E-state index in [0.29, 0.717) is 29.4 Å². The molecule has 7 nitrogen and oxygen atoms in total. The molecule has 33 heavy (non-hydrogen) atoms. The molecule has 0 saturated carbocycles. The lowest BCUT2D eigenvalue weighted by atomic mass is 10.2. The zero-order valence-corrected chi connectivity index (χ0v) is 19.2. The molecular weight excluding hydrogens is 440 g/mol. The SMILES string of the molecule is CCOc1cccc(NC2=C(c3cccs3)C(=O)N(CCOc3ccc(OC)cc3)C2=O)c1. The van der Waals surface area contributed by atoms with Crippen molar-refractivity contribution in [3.8, 4) is 17.2 Å². The Labute approximate surface area is 196 Å². The van der Waals surface area contributed by atoms with E-state index in [1.54, 1.807) is 37.4 Å². The predicted octanol–water partition coefficient (Wildman–Crippen LogP) is 4.43. The molecule has 1 aliphatic rings. The van der Waals surface area contributed by atoms with E-state index in [9.17, 15) is 9.59 Å². The highest BCUT2D eigenvalue weighted by molar-refractivity contribution is 7.11. The van der Waals surface area contributed by atoms with Gasteiger partial charge in [-0.3, -0.25) is 14.5 Å². The summed E-state index contributed by atoms with van der Waals surface area (Å²) in [7, 11) is 1.59. The van der Waals surface area contributed by atoms with Crippen molar-refractivity contribution in [1.82, 2.24) is 4.90 Å². The number of imide groups is 1. The van der Waals surface area contributed by atoms with Crippen molar-refractivity contribution >= 4 is 34.4 Å². The third-order valence-electron chi connectivity index (χ3n) is 4.99. The zero-order valence-electron chi connectivity index (χ0n) is 18.4. The second-order valence-electron chi connectivity index (χ2n) is 7.10. The molecule has 0 atom stereocenters. The molecule has 0 fully saturated rings. The van der Waals surface area contributed by atoms with Gasteiger partial charge in [-0.1, -0.05) is 12.1 Å². The number of amides is 2. The fourth-order valence-electron chi connectivity index (χ4n) is 3.45. The van der Waals surface area contributed by atoms with E-state index in [-0.39, 0.29) is 30.7 Å². The third kappa shape index (κ3) is 5.01. The summed E-state index contributed by atoms with van der Waals surface area (Å²) in [6, 6.07) is 18.1. The Kier molecular flexibility index (Phi) is 6.95. The van der Waals surface area contributed by atoms with Gasteiger partial charge in [0.25, 0.3) is 11.8 Å². The molecule has 0 bridgehead atoms. The van der Waals surface area contributed by atoms with Gasteiger partial charge in [0.2, 0.25) is 0 Å². The monoisotopic (exact) mass is 464 g/mol. The van der Waals surface area contributed by atoms with Crippen molar-refractivity contribution in [2.45, 2.75) is 6.92 Å². The summed E-state index contributed by atoms with van der Waals surface area (Å²) in [5, 5.41) is 5.03. The molecule has 2 heterocycles. The van der Waals surface area contributed by atoms with E-state index < -0.39 is 0 Å². The van der Waals surface area contributed by atoms with Crippen LogP contribution in [0.3, 0.4) is 0 Å². The fraction of sp³-hybridized carbons (Fsp3) is 0.200. The summed E-state index contributed by atoms with van der Waals surface area (Å²) in [5.41, 5.74) is 1.28. The van der Waals surface area contributed by atoms with Crippen LogP contribution in [0.15, 0.2) is 71.7 Å². The van der Waals surface area contributed by atoms with Gasteiger partial charge in [0.05, 0.1) is 25.8 Å². The third-order valence-corrected chi connectivity index (χ3v) is 5.88. The van der Waals surface area contributed by atoms with Crippen LogP contribution in [0, 0.1) is 0 Å². The summed E-state index contributed by atoms with van der Waals surface area (Å²) >= 11 is 1.41. The zero-order chi connectivity index (χ0) is 23.2. The highest BCUT2D eigenvalue weighted by atomic mass is 32.1. The Morgan fingerprint density at radius 1 is 0.909 bits per heavy atom. The number of ether oxygens (including phenoxy) is 3. The Hall–Kier alpha value is -3.78. The van der Waals surface area contributed by atoms with E-state index in [1.165, 1.54) is 16.2 Å². The van der Waals surface area contributed by atoms with Gasteiger partial charge in [-0.15, -0.1) is 11.3 Å². The van der Waals surface area contributed by atoms with Crippen LogP contribution < -0.4 is 19.5 Å². The molecule has 1 N–H and O–H groups in total. The number of carbonyl (C=O) groups is 2. The number of carbonyl (C=O) groups excluding carboxylic acids is 2. The minimum Gasteiger partial charge on any atom is -0.497 e. The van der Waals surface area contributed by atoms with E-state index in [1.807, 2.05) is 42.6 Å². The Morgan fingerprint density at radius 2 is 1.70 bits per heavy atom. The minimum atomic E-state index is -0.386. The molecule has 3 aromatic rings. The summed E-state index contributed by atoms with van der Waals surface area (Å²) in [6.07, 6.45) is 0. The standard InChI is InChI=1S/C25H24N2O5S/c1-3-31-20-7-4-6-17(16-20)26-23-22(21-8-5-15-33-21)24(28)27(25(23)29)13-14-32-19-11-9-18(30-2)10-12-19/h4-12,15-16,26H,3,13-14H2,1-2H3. The van der Waals surface area contributed by atoms with Crippen molar-refractivity contribution < 1.29 is 23.8 Å². The first-order valence-corrected chi connectivity index (χ1v) is 11.4. The first-order chi connectivity index (χ1) is 16.1. The van der Waals surface area contributed by atoms with Gasteiger partial charge in [-0.2, -0.15) is 0 Å². The highest BCUT2D eigenvalue weighted by Crippen LogP contribution is 2.33. The molecule has 0 unspecified atom stereocenters. The summed E-state index contributed by atoms with van der Waals surface area (Å²) in [6.45, 7) is 2.74. The number of rotatable bonds is 10. The van der Waals surface area contributed by atoms with Crippen LogP contribution in [0.4, 0.5) is 5.69 Å². The number of hydrogen-bond donors (Lipinski definition) is 1. The van der Waals surface area contributed by atoms with Crippen LogP contribution in [-0.2, 0) is 9.59 Å². The van der Waals surface area contributed by atoms with Crippen LogP contribution in [0.5, 0.6) is 17.2 Å². The maximum atomic E-state index is 13.2. The molecule has 0 aliphatic carbocycles. The van der Waals surface area contributed by atoms with Crippen LogP contribution in [0.25, 0.3) is 5.57 Å². The molecule has 1 aliphatic heterocycles. The molecule has 8 heteroatoms. The summed E-state index contributed by atoms with van der Waals surface area (Å²) in [5.74, 6) is 1.31. The lowest BCUT2D eigenvalue weighted by Gasteiger charge is -2.16. The number of benzene rings is 2. The van der Waals surface area contributed by atoms with Gasteiger partial charge in [0, 0.05) is 16.6 Å². The number of nitrogens with one attached hydrogen (secondary N) is 1. The van der Waals surface area contributed by atoms with Gasteiger partial charge in [0.1, 0.15) is 29.6 Å². The van der Waals surface area contributed by atoms with Gasteiger partial charge in [-0.05, 0) is 54.8 Å². The van der Waals surface area contributed by atoms with Gasteiger partial charge in [0.15, 0.2) is 0 Å². The highest BCUT2D eigenvalue weighted by Gasteiger charge is 2.39. The Morgan fingerprint density at radius 3 is 2.39 bits per heavy atom. The lowest BCUT2D eigenvalue weighted by Crippen LogP contribution is -2.35. The van der Waals surface area contributed by atoms with Crippen molar-refractivity contribution in [3.05, 3.63) is 76.6 Å². The van der Waals surface area contributed by atoms with Gasteiger partial charge < -0.3 is 19.5 Å². The predicted molar refractivity (Wildman–Crippen MR) is 128 cm³/mol. The van der Waals surface area contributed by atoms with Crippen LogP contribution in [0.2, 0.25) is 0 Å². The molecule has 0 saturated heterocycles. The average Bonchev–Trinajstić information content (AvgIpc) is 3.43. The molecule has 1 aromatic heterocycles. The van der Waals surface area contributed by atoms with Gasteiger partial charge >= 0.3 is 0 Å². The van der Waals surface area contributed by atoms with Crippen LogP contribution >= 0.6 is 11.3 Å². The molecule has 2 aromatic carbocycles. The largest absolute Gasteiger partial charge is 0.497 e. The molecule has 4 rings (SSSR count). The van der Waals surface area contributed by atoms with E-state index in [0.717, 1.165) is 10.6 Å². The number of anilines is 1. The second kappa shape index (κ2) is 10.2. The van der Waals surface area contributed by atoms with Crippen molar-refractivity contribution in [2.24, 2.45) is 0 Å². The maximum Gasteiger partial charge on any atom is 0.278 e. The van der Waals surface area contributed by atoms with E-state index in [4.69, 9.17) is 14.2 Å². The van der Waals surface area contributed by atoms with Crippen molar-refractivity contribution in [3.63, 3.8) is 0 Å². The molecule has 170 valence electrons. The topological polar surface area (TPSA) is 77.1 Å². The van der Waals surface area contributed by atoms with E-state index in [2.05, 4.69) is 5.32 Å². The molecule has 0 radical (unpaired) electrons. The Bertz CT molecular complexity index is 1160. The van der Waals surface area contributed by atoms with Crippen molar-refractivity contribution in [2.75, 3.05) is 32.2 Å². The molecule has 0 spiro atoms. The smallest absolute Gasteiger partial charge is 0.278 e. The molecule has 2 amide bonds. The summed E-state index contributed by atoms with van der Waals surface area (Å²) < 4.78 is 16.4. The van der Waals surface area contributed by atoms with Gasteiger partial charge in [-0.25, -0.2) is 0 Å². The second-order valence-corrected chi connectivity index (χ2v) is 8.05. The lowest BCUT2D eigenvalue weighted by molar-refractivity contribution is -0.137. The van der Waals surface area contributed by atoms with Crippen LogP contribution in [0.1, 0.15) is 11.8 Å². The fourth-order valence-corrected chi connectivity index (χ4v) is 4.21. The quantitative estimate of drug-likeness (QED) is 0.448. The number of nitrogens with zero attached hydrogens (tertiary/aromatic N) is 1. The minimum absolute atomic E-state index is 0.128. The Balaban J connectivity index is 1.51. The van der Waals surface area contributed by atoms with Crippen molar-refractivity contribution in [1.29, 1.82) is 0 Å². The number of thiophene rings is 1. The first-order valence-electron chi connectivity index (χ1n) is 10.5. The molecular formula is C25H24N2O5S. The number of methoxy groups -OCH3 is 1. The van der Waals surface area contributed by atoms with E-state index >= 15 is 0 Å². The maximum absolute atomic E-state index is 13.2. The normalized spacial score (nSPS) is 13.5. The summed E-state index contributed by atoms with van der Waals surface area (Å²) in [4.78, 5) is 28.4. The first kappa shape index (κ1) is 22.4. The van der Waals surface area contributed by atoms with Crippen LogP contribution in [-0.4, -0.2) is 43.6 Å². The average molecular weight is 465 g/mol. The number of hydrogen-bond acceptors (Lipinski definition) is 7.